The fraction of sp³-hybridized carbons (Fsp3) is 0.600. The lowest BCUT2D eigenvalue weighted by Crippen LogP contribution is -2.45. The summed E-state index contributed by atoms with van der Waals surface area (Å²) in [4.78, 5) is 1.97. The summed E-state index contributed by atoms with van der Waals surface area (Å²) in [6.07, 6.45) is 0. The van der Waals surface area contributed by atoms with Crippen LogP contribution in [0.2, 0.25) is 0 Å². The molecular weight excluding hydrogens is 256 g/mol. The topological polar surface area (TPSA) is 54.0 Å². The van der Waals surface area contributed by atoms with Crippen LogP contribution in [0.15, 0.2) is 18.2 Å². The molecule has 5 nitrogen and oxygen atoms in total. The molecule has 0 fully saturated rings. The summed E-state index contributed by atoms with van der Waals surface area (Å²) in [5, 5.41) is 13.5. The number of hydrogen-bond donors (Lipinski definition) is 2. The monoisotopic (exact) mass is 282 g/mol. The van der Waals surface area contributed by atoms with E-state index in [4.69, 9.17) is 9.47 Å². The van der Waals surface area contributed by atoms with Gasteiger partial charge in [0.2, 0.25) is 0 Å². The van der Waals surface area contributed by atoms with Crippen molar-refractivity contribution < 1.29 is 14.6 Å². The molecule has 0 aliphatic rings. The summed E-state index contributed by atoms with van der Waals surface area (Å²) in [7, 11) is 7.14. The Morgan fingerprint density at radius 2 is 1.95 bits per heavy atom. The Morgan fingerprint density at radius 3 is 2.50 bits per heavy atom. The molecule has 0 saturated heterocycles. The van der Waals surface area contributed by atoms with Crippen molar-refractivity contribution in [2.75, 3.05) is 41.4 Å². The van der Waals surface area contributed by atoms with E-state index >= 15 is 0 Å². The second-order valence-electron chi connectivity index (χ2n) is 5.49. The molecule has 1 atom stereocenters. The molecule has 5 heteroatoms. The summed E-state index contributed by atoms with van der Waals surface area (Å²) < 4.78 is 10.6. The zero-order chi connectivity index (χ0) is 15.2. The predicted molar refractivity (Wildman–Crippen MR) is 80.4 cm³/mol. The van der Waals surface area contributed by atoms with Crippen molar-refractivity contribution in [1.82, 2.24) is 10.2 Å². The number of methoxy groups -OCH3 is 2. The smallest absolute Gasteiger partial charge is 0.165 e. The lowest BCUT2D eigenvalue weighted by molar-refractivity contribution is 0.0335. The maximum atomic E-state index is 10.2. The molecular formula is C15H26N2O3. The lowest BCUT2D eigenvalue weighted by Gasteiger charge is -2.27. The van der Waals surface area contributed by atoms with E-state index in [1.54, 1.807) is 14.2 Å². The number of likely N-dealkylation sites (N-methyl/N-ethyl adjacent to an activating group) is 1. The Morgan fingerprint density at radius 1 is 1.25 bits per heavy atom. The summed E-state index contributed by atoms with van der Waals surface area (Å²) in [6, 6.07) is 5.77. The number of nitrogens with zero attached hydrogens (tertiary/aromatic N) is 1. The molecule has 0 spiro atoms. The van der Waals surface area contributed by atoms with Gasteiger partial charge in [-0.1, -0.05) is 12.1 Å². The Hall–Kier alpha value is -1.30. The van der Waals surface area contributed by atoms with Gasteiger partial charge in [-0.2, -0.15) is 0 Å². The van der Waals surface area contributed by atoms with E-state index in [1.165, 1.54) is 0 Å². The summed E-state index contributed by atoms with van der Waals surface area (Å²) in [6.45, 7) is 3.55. The first-order chi connectivity index (χ1) is 9.39. The molecule has 0 aromatic heterocycles. The Labute approximate surface area is 121 Å². The second kappa shape index (κ2) is 7.47. The van der Waals surface area contributed by atoms with Gasteiger partial charge >= 0.3 is 0 Å². The van der Waals surface area contributed by atoms with Gasteiger partial charge in [0.25, 0.3) is 0 Å². The molecule has 0 heterocycles. The molecule has 2 N–H and O–H groups in total. The predicted octanol–water partition coefficient (Wildman–Crippen LogP) is 1.11. The highest BCUT2D eigenvalue weighted by Gasteiger charge is 2.21. The Bertz CT molecular complexity index is 420. The third-order valence-corrected chi connectivity index (χ3v) is 2.96. The molecule has 0 aliphatic carbocycles. The van der Waals surface area contributed by atoms with Gasteiger partial charge in [0.1, 0.15) is 0 Å². The molecule has 0 radical (unpaired) electrons. The Balaban J connectivity index is 2.62. The van der Waals surface area contributed by atoms with Crippen LogP contribution in [0.5, 0.6) is 11.5 Å². The molecule has 20 heavy (non-hydrogen) atoms. The van der Waals surface area contributed by atoms with Crippen LogP contribution >= 0.6 is 0 Å². The van der Waals surface area contributed by atoms with Crippen LogP contribution < -0.4 is 14.8 Å². The third kappa shape index (κ3) is 5.00. The van der Waals surface area contributed by atoms with E-state index in [2.05, 4.69) is 5.32 Å². The third-order valence-electron chi connectivity index (χ3n) is 2.96. The zero-order valence-corrected chi connectivity index (χ0v) is 13.1. The lowest BCUT2D eigenvalue weighted by atomic mass is 10.1. The van der Waals surface area contributed by atoms with Crippen LogP contribution in [0.1, 0.15) is 12.5 Å². The standard InChI is InChI=1S/C15H26N2O3/c1-15(18,11-17(2)3)10-16-9-12-7-6-8-13(19-4)14(12)20-5/h6-8,16,18H,9-11H2,1-5H3. The zero-order valence-electron chi connectivity index (χ0n) is 13.1. The maximum absolute atomic E-state index is 10.2. The summed E-state index contributed by atoms with van der Waals surface area (Å²) in [5.74, 6) is 1.45. The van der Waals surface area contributed by atoms with Gasteiger partial charge in [-0.25, -0.2) is 0 Å². The van der Waals surface area contributed by atoms with Crippen LogP contribution in [0.4, 0.5) is 0 Å². The van der Waals surface area contributed by atoms with Crippen molar-refractivity contribution in [2.24, 2.45) is 0 Å². The fourth-order valence-corrected chi connectivity index (χ4v) is 2.30. The first-order valence-electron chi connectivity index (χ1n) is 6.67. The van der Waals surface area contributed by atoms with E-state index in [9.17, 15) is 5.11 Å². The number of benzene rings is 1. The van der Waals surface area contributed by atoms with E-state index in [0.717, 1.165) is 11.3 Å². The number of aliphatic hydroxyl groups is 1. The van der Waals surface area contributed by atoms with Crippen LogP contribution in [-0.4, -0.2) is 57.0 Å². The molecule has 0 bridgehead atoms. The highest BCUT2D eigenvalue weighted by Crippen LogP contribution is 2.30. The van der Waals surface area contributed by atoms with Gasteiger partial charge < -0.3 is 24.8 Å². The van der Waals surface area contributed by atoms with Gasteiger partial charge in [-0.05, 0) is 27.1 Å². The van der Waals surface area contributed by atoms with Gasteiger partial charge in [-0.3, -0.25) is 0 Å². The SMILES string of the molecule is COc1cccc(CNCC(C)(O)CN(C)C)c1OC. The van der Waals surface area contributed by atoms with Crippen LogP contribution in [-0.2, 0) is 6.54 Å². The summed E-state index contributed by atoms with van der Waals surface area (Å²) in [5.41, 5.74) is 0.239. The van der Waals surface area contributed by atoms with Crippen LogP contribution in [0, 0.1) is 0 Å². The highest BCUT2D eigenvalue weighted by atomic mass is 16.5. The van der Waals surface area contributed by atoms with Crippen LogP contribution in [0.3, 0.4) is 0 Å². The number of hydrogen-bond acceptors (Lipinski definition) is 5. The van der Waals surface area contributed by atoms with Crippen molar-refractivity contribution in [2.45, 2.75) is 19.1 Å². The van der Waals surface area contributed by atoms with Gasteiger partial charge in [-0.15, -0.1) is 0 Å². The average Bonchev–Trinajstić information content (AvgIpc) is 2.36. The minimum absolute atomic E-state index is 0.506. The molecule has 1 rings (SSSR count). The highest BCUT2D eigenvalue weighted by molar-refractivity contribution is 5.46. The van der Waals surface area contributed by atoms with Gasteiger partial charge in [0.05, 0.1) is 19.8 Å². The van der Waals surface area contributed by atoms with Crippen molar-refractivity contribution in [3.63, 3.8) is 0 Å². The van der Waals surface area contributed by atoms with E-state index < -0.39 is 5.60 Å². The van der Waals surface area contributed by atoms with Gasteiger partial charge in [0.15, 0.2) is 11.5 Å². The normalized spacial score (nSPS) is 14.2. The second-order valence-corrected chi connectivity index (χ2v) is 5.49. The molecule has 1 unspecified atom stereocenters. The molecule has 0 aliphatic heterocycles. The molecule has 1 aromatic carbocycles. The maximum Gasteiger partial charge on any atom is 0.165 e. The van der Waals surface area contributed by atoms with Gasteiger partial charge in [0, 0.05) is 25.2 Å². The minimum atomic E-state index is -0.768. The number of nitrogens with one attached hydrogen (secondary N) is 1. The number of ether oxygens (including phenoxy) is 2. The summed E-state index contributed by atoms with van der Waals surface area (Å²) >= 11 is 0. The first-order valence-corrected chi connectivity index (χ1v) is 6.67. The van der Waals surface area contributed by atoms with E-state index in [1.807, 2.05) is 44.1 Å². The fourth-order valence-electron chi connectivity index (χ4n) is 2.30. The van der Waals surface area contributed by atoms with Crippen molar-refractivity contribution in [3.8, 4) is 11.5 Å². The van der Waals surface area contributed by atoms with E-state index in [0.29, 0.717) is 25.4 Å². The molecule has 1 aromatic rings. The molecule has 114 valence electrons. The average molecular weight is 282 g/mol. The quantitative estimate of drug-likeness (QED) is 0.748. The number of para-hydroxylation sites is 1. The van der Waals surface area contributed by atoms with Crippen molar-refractivity contribution in [3.05, 3.63) is 23.8 Å². The van der Waals surface area contributed by atoms with Crippen LogP contribution in [0.25, 0.3) is 0 Å². The van der Waals surface area contributed by atoms with Crippen molar-refractivity contribution >= 4 is 0 Å². The van der Waals surface area contributed by atoms with Crippen molar-refractivity contribution in [1.29, 1.82) is 0 Å². The minimum Gasteiger partial charge on any atom is -0.493 e. The molecule has 0 saturated carbocycles. The Kier molecular flexibility index (Phi) is 6.26. The first kappa shape index (κ1) is 16.8. The number of rotatable bonds is 8. The molecule has 0 amide bonds. The van der Waals surface area contributed by atoms with E-state index in [-0.39, 0.29) is 0 Å². The largest absolute Gasteiger partial charge is 0.493 e.